The summed E-state index contributed by atoms with van der Waals surface area (Å²) in [6.07, 6.45) is 1.07. The van der Waals surface area contributed by atoms with Crippen LogP contribution in [0.4, 0.5) is 5.69 Å². The van der Waals surface area contributed by atoms with E-state index in [4.69, 9.17) is 9.47 Å². The van der Waals surface area contributed by atoms with E-state index in [-0.39, 0.29) is 12.6 Å². The molecule has 28 heavy (non-hydrogen) atoms. The van der Waals surface area contributed by atoms with Gasteiger partial charge in [-0.15, -0.1) is 0 Å². The average molecular weight is 471 g/mol. The van der Waals surface area contributed by atoms with Crippen LogP contribution in [0.25, 0.3) is 0 Å². The zero-order chi connectivity index (χ0) is 20.9. The lowest BCUT2D eigenvalue weighted by atomic mass is 10.1. The third kappa shape index (κ3) is 5.62. The van der Waals surface area contributed by atoms with E-state index in [0.717, 1.165) is 20.6 Å². The number of rotatable bonds is 8. The molecule has 0 fully saturated rings. The molecule has 0 bridgehead atoms. The van der Waals surface area contributed by atoms with Crippen LogP contribution in [-0.2, 0) is 14.8 Å². The Bertz CT molecular complexity index is 949. The minimum absolute atomic E-state index is 0.326. The third-order valence-corrected chi connectivity index (χ3v) is 5.70. The molecule has 0 aliphatic rings. The molecule has 152 valence electrons. The van der Waals surface area contributed by atoms with Crippen LogP contribution in [0.1, 0.15) is 18.5 Å². The molecule has 2 rings (SSSR count). The quantitative estimate of drug-likeness (QED) is 0.640. The van der Waals surface area contributed by atoms with Crippen LogP contribution in [-0.4, -0.2) is 41.3 Å². The summed E-state index contributed by atoms with van der Waals surface area (Å²) in [6, 6.07) is 11.8. The van der Waals surface area contributed by atoms with Gasteiger partial charge in [-0.2, -0.15) is 0 Å². The van der Waals surface area contributed by atoms with Gasteiger partial charge < -0.3 is 14.8 Å². The van der Waals surface area contributed by atoms with Gasteiger partial charge in [-0.1, -0.05) is 28.1 Å². The fraction of sp³-hybridized carbons (Fsp3) is 0.316. The minimum Gasteiger partial charge on any atom is -0.493 e. The van der Waals surface area contributed by atoms with Crippen LogP contribution in [0.5, 0.6) is 11.5 Å². The Morgan fingerprint density at radius 1 is 1.14 bits per heavy atom. The molecule has 2 aromatic rings. The third-order valence-electron chi connectivity index (χ3n) is 4.07. The maximum Gasteiger partial charge on any atom is 0.241 e. The zero-order valence-electron chi connectivity index (χ0n) is 16.1. The van der Waals surface area contributed by atoms with E-state index < -0.39 is 15.9 Å². The number of benzene rings is 2. The first-order chi connectivity index (χ1) is 13.2. The number of nitrogens with zero attached hydrogens (tertiary/aromatic N) is 1. The Kier molecular flexibility index (Phi) is 7.31. The molecule has 1 N–H and O–H groups in total. The number of hydrogen-bond donors (Lipinski definition) is 1. The van der Waals surface area contributed by atoms with Crippen molar-refractivity contribution in [1.82, 2.24) is 5.32 Å². The average Bonchev–Trinajstić information content (AvgIpc) is 2.64. The molecule has 0 aromatic heterocycles. The van der Waals surface area contributed by atoms with Gasteiger partial charge in [0.05, 0.1) is 32.2 Å². The van der Waals surface area contributed by atoms with Crippen LogP contribution in [0, 0.1) is 0 Å². The molecule has 0 aliphatic carbocycles. The Balaban J connectivity index is 2.16. The Labute approximate surface area is 173 Å². The highest BCUT2D eigenvalue weighted by Gasteiger charge is 2.22. The molecule has 0 spiro atoms. The molecule has 0 heterocycles. The second-order valence-electron chi connectivity index (χ2n) is 6.15. The van der Waals surface area contributed by atoms with Crippen LogP contribution in [0.3, 0.4) is 0 Å². The van der Waals surface area contributed by atoms with Crippen molar-refractivity contribution in [2.45, 2.75) is 13.0 Å². The number of anilines is 1. The van der Waals surface area contributed by atoms with E-state index in [9.17, 15) is 13.2 Å². The number of amides is 1. The van der Waals surface area contributed by atoms with Crippen molar-refractivity contribution < 1.29 is 22.7 Å². The summed E-state index contributed by atoms with van der Waals surface area (Å²) in [6.45, 7) is 1.48. The van der Waals surface area contributed by atoms with Crippen LogP contribution in [0.2, 0.25) is 0 Å². The predicted molar refractivity (Wildman–Crippen MR) is 112 cm³/mol. The smallest absolute Gasteiger partial charge is 0.241 e. The van der Waals surface area contributed by atoms with Crippen LogP contribution >= 0.6 is 15.9 Å². The molecule has 7 nitrogen and oxygen atoms in total. The number of halogens is 1. The summed E-state index contributed by atoms with van der Waals surface area (Å²) in [7, 11) is -0.554. The van der Waals surface area contributed by atoms with E-state index >= 15 is 0 Å². The molecule has 0 aliphatic heterocycles. The number of carbonyl (C=O) groups excluding carboxylic acids is 1. The molecule has 0 unspecified atom stereocenters. The molecule has 0 radical (unpaired) electrons. The molecule has 0 saturated heterocycles. The Morgan fingerprint density at radius 3 is 2.39 bits per heavy atom. The fourth-order valence-corrected chi connectivity index (χ4v) is 3.89. The highest BCUT2D eigenvalue weighted by Crippen LogP contribution is 2.30. The van der Waals surface area contributed by atoms with Crippen molar-refractivity contribution in [3.8, 4) is 11.5 Å². The monoisotopic (exact) mass is 470 g/mol. The summed E-state index contributed by atoms with van der Waals surface area (Å²) in [5, 5.41) is 2.82. The molecule has 0 saturated carbocycles. The summed E-state index contributed by atoms with van der Waals surface area (Å²) in [4.78, 5) is 12.5. The number of hydrogen-bond acceptors (Lipinski definition) is 5. The lowest BCUT2D eigenvalue weighted by molar-refractivity contribution is -0.120. The van der Waals surface area contributed by atoms with Gasteiger partial charge in [0, 0.05) is 4.47 Å². The van der Waals surface area contributed by atoms with E-state index in [1.807, 2.05) is 13.0 Å². The number of ether oxygens (including phenoxy) is 2. The maximum atomic E-state index is 12.5. The highest BCUT2D eigenvalue weighted by molar-refractivity contribution is 9.10. The number of methoxy groups -OCH3 is 2. The summed E-state index contributed by atoms with van der Waals surface area (Å²) < 4.78 is 36.7. The summed E-state index contributed by atoms with van der Waals surface area (Å²) in [5.41, 5.74) is 1.21. The Hall–Kier alpha value is -2.26. The van der Waals surface area contributed by atoms with Crippen molar-refractivity contribution in [1.29, 1.82) is 0 Å². The lowest BCUT2D eigenvalue weighted by Gasteiger charge is -2.23. The zero-order valence-corrected chi connectivity index (χ0v) is 18.5. The molecule has 1 amide bonds. The van der Waals surface area contributed by atoms with E-state index in [1.54, 1.807) is 43.5 Å². The van der Waals surface area contributed by atoms with Gasteiger partial charge in [0.2, 0.25) is 15.9 Å². The molecular formula is C19H23BrN2O5S. The lowest BCUT2D eigenvalue weighted by Crippen LogP contribution is -2.41. The topological polar surface area (TPSA) is 84.9 Å². The van der Waals surface area contributed by atoms with Gasteiger partial charge in [0.1, 0.15) is 6.54 Å². The molecule has 1 atom stereocenters. The largest absolute Gasteiger partial charge is 0.493 e. The van der Waals surface area contributed by atoms with Crippen molar-refractivity contribution in [2.24, 2.45) is 0 Å². The van der Waals surface area contributed by atoms with E-state index in [0.29, 0.717) is 17.2 Å². The van der Waals surface area contributed by atoms with E-state index in [2.05, 4.69) is 21.2 Å². The number of nitrogens with one attached hydrogen (secondary N) is 1. The normalized spacial score (nSPS) is 12.2. The molecular weight excluding hydrogens is 448 g/mol. The van der Waals surface area contributed by atoms with E-state index in [1.165, 1.54) is 7.11 Å². The Morgan fingerprint density at radius 2 is 1.82 bits per heavy atom. The highest BCUT2D eigenvalue weighted by atomic mass is 79.9. The molecule has 2 aromatic carbocycles. The molecule has 9 heteroatoms. The van der Waals surface area contributed by atoms with Crippen molar-refractivity contribution in [3.63, 3.8) is 0 Å². The van der Waals surface area contributed by atoms with Gasteiger partial charge in [0.25, 0.3) is 0 Å². The van der Waals surface area contributed by atoms with Crippen LogP contribution in [0.15, 0.2) is 46.9 Å². The first-order valence-corrected chi connectivity index (χ1v) is 11.0. The fourth-order valence-electron chi connectivity index (χ4n) is 2.65. The van der Waals surface area contributed by atoms with Crippen LogP contribution < -0.4 is 19.1 Å². The standard InChI is InChI=1S/C19H23BrN2O5S/c1-13(14-8-9-17(26-2)18(10-14)27-3)21-19(23)12-22(28(4,24)25)16-7-5-6-15(20)11-16/h5-11,13H,12H2,1-4H3,(H,21,23)/t13-/m1/s1. The van der Waals surface area contributed by atoms with Gasteiger partial charge in [-0.3, -0.25) is 9.10 Å². The maximum absolute atomic E-state index is 12.5. The number of carbonyl (C=O) groups is 1. The van der Waals surface area contributed by atoms with Crippen molar-refractivity contribution >= 4 is 37.5 Å². The predicted octanol–water partition coefficient (Wildman–Crippen LogP) is 3.11. The first-order valence-electron chi connectivity index (χ1n) is 8.40. The van der Waals surface area contributed by atoms with Gasteiger partial charge >= 0.3 is 0 Å². The van der Waals surface area contributed by atoms with Crippen molar-refractivity contribution in [3.05, 3.63) is 52.5 Å². The van der Waals surface area contributed by atoms with Gasteiger partial charge in [-0.05, 0) is 42.8 Å². The summed E-state index contributed by atoms with van der Waals surface area (Å²) in [5.74, 6) is 0.711. The van der Waals surface area contributed by atoms with Crippen molar-refractivity contribution in [2.75, 3.05) is 31.3 Å². The van der Waals surface area contributed by atoms with Gasteiger partial charge in [0.15, 0.2) is 11.5 Å². The van der Waals surface area contributed by atoms with Gasteiger partial charge in [-0.25, -0.2) is 8.42 Å². The first kappa shape index (κ1) is 22.0. The second kappa shape index (κ2) is 9.29. The summed E-state index contributed by atoms with van der Waals surface area (Å²) >= 11 is 3.32. The second-order valence-corrected chi connectivity index (χ2v) is 8.98. The minimum atomic E-state index is -3.63. The number of sulfonamides is 1. The SMILES string of the molecule is COc1ccc([C@@H](C)NC(=O)CN(c2cccc(Br)c2)S(C)(=O)=O)cc1OC.